The molecule has 0 fully saturated rings. The number of nitrogens with zero attached hydrogens (tertiary/aromatic N) is 4. The SMILES string of the molecule is [C-]#[N+]c1nnc(C(C)(C)C)n1CC. The summed E-state index contributed by atoms with van der Waals surface area (Å²) < 4.78 is 1.85. The molecule has 0 saturated heterocycles. The van der Waals surface area contributed by atoms with Gasteiger partial charge in [-0.15, -0.1) is 6.57 Å². The van der Waals surface area contributed by atoms with Crippen LogP contribution in [-0.2, 0) is 12.0 Å². The highest BCUT2D eigenvalue weighted by Gasteiger charge is 2.25. The number of aromatic nitrogens is 3. The molecule has 4 heteroatoms. The Kier molecular flexibility index (Phi) is 2.37. The normalized spacial score (nSPS) is 11.3. The average Bonchev–Trinajstić information content (AvgIpc) is 2.45. The maximum absolute atomic E-state index is 6.91. The highest BCUT2D eigenvalue weighted by Crippen LogP contribution is 2.23. The first-order chi connectivity index (χ1) is 6.00. The molecule has 0 unspecified atom stereocenters. The molecule has 0 aliphatic heterocycles. The first-order valence-electron chi connectivity index (χ1n) is 4.31. The monoisotopic (exact) mass is 178 g/mol. The van der Waals surface area contributed by atoms with Crippen LogP contribution in [0.25, 0.3) is 4.85 Å². The number of hydrogen-bond acceptors (Lipinski definition) is 2. The molecular weight excluding hydrogens is 164 g/mol. The topological polar surface area (TPSA) is 35.1 Å². The van der Waals surface area contributed by atoms with Crippen LogP contribution >= 0.6 is 0 Å². The molecule has 1 rings (SSSR count). The summed E-state index contributed by atoms with van der Waals surface area (Å²) in [6.45, 7) is 15.8. The van der Waals surface area contributed by atoms with Gasteiger partial charge in [0.15, 0.2) is 5.82 Å². The lowest BCUT2D eigenvalue weighted by Crippen LogP contribution is -2.18. The van der Waals surface area contributed by atoms with Crippen molar-refractivity contribution in [3.05, 3.63) is 17.2 Å². The minimum absolute atomic E-state index is 0.0497. The zero-order valence-corrected chi connectivity index (χ0v) is 8.50. The van der Waals surface area contributed by atoms with Crippen LogP contribution < -0.4 is 0 Å². The second-order valence-electron chi connectivity index (χ2n) is 3.93. The predicted octanol–water partition coefficient (Wildman–Crippen LogP) is 2.15. The lowest BCUT2D eigenvalue weighted by Gasteiger charge is -2.15. The largest absolute Gasteiger partial charge is 0.395 e. The van der Waals surface area contributed by atoms with Crippen molar-refractivity contribution in [1.82, 2.24) is 14.8 Å². The average molecular weight is 178 g/mol. The maximum atomic E-state index is 6.91. The Labute approximate surface area is 78.4 Å². The van der Waals surface area contributed by atoms with E-state index in [1.165, 1.54) is 0 Å². The van der Waals surface area contributed by atoms with E-state index in [9.17, 15) is 0 Å². The van der Waals surface area contributed by atoms with Gasteiger partial charge >= 0.3 is 5.95 Å². The highest BCUT2D eigenvalue weighted by atomic mass is 15.3. The van der Waals surface area contributed by atoms with E-state index in [2.05, 4.69) is 35.8 Å². The van der Waals surface area contributed by atoms with E-state index in [-0.39, 0.29) is 5.41 Å². The molecule has 1 aromatic heterocycles. The zero-order valence-electron chi connectivity index (χ0n) is 8.50. The Balaban J connectivity index is 3.26. The smallest absolute Gasteiger partial charge is 0.362 e. The third kappa shape index (κ3) is 1.69. The van der Waals surface area contributed by atoms with Crippen molar-refractivity contribution < 1.29 is 0 Å². The van der Waals surface area contributed by atoms with Crippen molar-refractivity contribution in [3.8, 4) is 0 Å². The van der Waals surface area contributed by atoms with Gasteiger partial charge in [-0.1, -0.05) is 25.9 Å². The summed E-state index contributed by atoms with van der Waals surface area (Å²) in [5, 5.41) is 7.86. The number of hydrogen-bond donors (Lipinski definition) is 0. The molecule has 0 amide bonds. The second kappa shape index (κ2) is 3.17. The molecule has 0 bridgehead atoms. The van der Waals surface area contributed by atoms with Crippen LogP contribution in [0, 0.1) is 6.57 Å². The predicted molar refractivity (Wildman–Crippen MR) is 50.7 cm³/mol. The van der Waals surface area contributed by atoms with Gasteiger partial charge in [0.1, 0.15) is 0 Å². The fraction of sp³-hybridized carbons (Fsp3) is 0.667. The van der Waals surface area contributed by atoms with E-state index in [0.717, 1.165) is 12.4 Å². The summed E-state index contributed by atoms with van der Waals surface area (Å²) >= 11 is 0. The molecule has 0 atom stereocenters. The van der Waals surface area contributed by atoms with Gasteiger partial charge in [-0.2, -0.15) is 0 Å². The Bertz CT molecular complexity index is 337. The summed E-state index contributed by atoms with van der Waals surface area (Å²) in [7, 11) is 0. The molecule has 13 heavy (non-hydrogen) atoms. The third-order valence-electron chi connectivity index (χ3n) is 1.82. The van der Waals surface area contributed by atoms with Crippen molar-refractivity contribution in [1.29, 1.82) is 0 Å². The molecule has 0 aliphatic rings. The van der Waals surface area contributed by atoms with Gasteiger partial charge in [-0.3, -0.25) is 4.57 Å². The van der Waals surface area contributed by atoms with Crippen LogP contribution in [0.3, 0.4) is 0 Å². The quantitative estimate of drug-likeness (QED) is 0.617. The Morgan fingerprint density at radius 2 is 2.00 bits per heavy atom. The van der Waals surface area contributed by atoms with Gasteiger partial charge in [0.2, 0.25) is 0 Å². The van der Waals surface area contributed by atoms with E-state index >= 15 is 0 Å². The zero-order chi connectivity index (χ0) is 10.1. The van der Waals surface area contributed by atoms with E-state index in [1.807, 2.05) is 11.5 Å². The van der Waals surface area contributed by atoms with Crippen molar-refractivity contribution in [3.63, 3.8) is 0 Å². The minimum Gasteiger partial charge on any atom is -0.395 e. The molecule has 0 saturated carbocycles. The van der Waals surface area contributed by atoms with Gasteiger partial charge in [-0.25, -0.2) is 0 Å². The molecule has 4 nitrogen and oxygen atoms in total. The molecule has 1 aromatic rings. The van der Waals surface area contributed by atoms with E-state index in [4.69, 9.17) is 6.57 Å². The maximum Gasteiger partial charge on any atom is 0.362 e. The fourth-order valence-electron chi connectivity index (χ4n) is 1.22. The first-order valence-corrected chi connectivity index (χ1v) is 4.31. The second-order valence-corrected chi connectivity index (χ2v) is 3.93. The lowest BCUT2D eigenvalue weighted by molar-refractivity contribution is 0.507. The Morgan fingerprint density at radius 1 is 1.38 bits per heavy atom. The van der Waals surface area contributed by atoms with Crippen LogP contribution in [0.4, 0.5) is 5.95 Å². The molecule has 1 heterocycles. The fourth-order valence-corrected chi connectivity index (χ4v) is 1.22. The van der Waals surface area contributed by atoms with Gasteiger partial charge in [0, 0.05) is 5.41 Å². The van der Waals surface area contributed by atoms with Crippen LogP contribution in [0.5, 0.6) is 0 Å². The van der Waals surface area contributed by atoms with Crippen LogP contribution in [0.15, 0.2) is 0 Å². The molecule has 0 aliphatic carbocycles. The summed E-state index contributed by atoms with van der Waals surface area (Å²) in [5.41, 5.74) is -0.0497. The summed E-state index contributed by atoms with van der Waals surface area (Å²) in [4.78, 5) is 3.31. The van der Waals surface area contributed by atoms with Crippen molar-refractivity contribution in [2.75, 3.05) is 0 Å². The van der Waals surface area contributed by atoms with Gasteiger partial charge in [0.05, 0.1) is 6.54 Å². The van der Waals surface area contributed by atoms with E-state index < -0.39 is 0 Å². The van der Waals surface area contributed by atoms with Crippen molar-refractivity contribution in [2.24, 2.45) is 0 Å². The van der Waals surface area contributed by atoms with Gasteiger partial charge in [-0.05, 0) is 12.0 Å². The van der Waals surface area contributed by atoms with Crippen LogP contribution in [0.1, 0.15) is 33.5 Å². The molecular formula is C9H14N4. The van der Waals surface area contributed by atoms with Crippen LogP contribution in [0.2, 0.25) is 0 Å². The Hall–Kier alpha value is -1.37. The van der Waals surface area contributed by atoms with Gasteiger partial charge in [0.25, 0.3) is 0 Å². The van der Waals surface area contributed by atoms with Crippen molar-refractivity contribution >= 4 is 5.95 Å². The molecule has 0 N–H and O–H groups in total. The van der Waals surface area contributed by atoms with E-state index in [1.54, 1.807) is 0 Å². The molecule has 0 radical (unpaired) electrons. The standard InChI is InChI=1S/C9H14N4/c1-6-13-7(9(2,3)4)11-12-8(13)10-5/h6H2,1-4H3. The lowest BCUT2D eigenvalue weighted by atomic mass is 9.96. The highest BCUT2D eigenvalue weighted by molar-refractivity contribution is 5.28. The van der Waals surface area contributed by atoms with Gasteiger partial charge < -0.3 is 4.85 Å². The molecule has 0 aromatic carbocycles. The van der Waals surface area contributed by atoms with E-state index in [0.29, 0.717) is 5.95 Å². The summed E-state index contributed by atoms with van der Waals surface area (Å²) in [6.07, 6.45) is 0. The van der Waals surface area contributed by atoms with Crippen LogP contribution in [-0.4, -0.2) is 14.8 Å². The molecule has 0 spiro atoms. The third-order valence-corrected chi connectivity index (χ3v) is 1.82. The summed E-state index contributed by atoms with van der Waals surface area (Å²) in [5.74, 6) is 1.26. The number of rotatable bonds is 1. The first kappa shape index (κ1) is 9.72. The Morgan fingerprint density at radius 3 is 2.38 bits per heavy atom. The molecule has 70 valence electrons. The van der Waals surface area contributed by atoms with Crippen molar-refractivity contribution in [2.45, 2.75) is 39.7 Å². The summed E-state index contributed by atoms with van der Waals surface area (Å²) in [6, 6.07) is 0. The minimum atomic E-state index is -0.0497.